The third-order valence-corrected chi connectivity index (χ3v) is 7.56. The second-order valence-corrected chi connectivity index (χ2v) is 10.3. The maximum Gasteiger partial charge on any atom is 0.417 e. The summed E-state index contributed by atoms with van der Waals surface area (Å²) < 4.78 is 54.9. The Balaban J connectivity index is 1.41. The van der Waals surface area contributed by atoms with E-state index in [1.54, 1.807) is 17.0 Å². The Morgan fingerprint density at radius 1 is 1.15 bits per heavy atom. The van der Waals surface area contributed by atoms with Gasteiger partial charge in [-0.2, -0.15) is 13.2 Å². The van der Waals surface area contributed by atoms with Crippen molar-refractivity contribution in [3.8, 4) is 11.6 Å². The monoisotopic (exact) mass is 564 g/mol. The summed E-state index contributed by atoms with van der Waals surface area (Å²) in [6.45, 7) is 3.28. The van der Waals surface area contributed by atoms with Crippen LogP contribution in [0.25, 0.3) is 11.8 Å². The fourth-order valence-electron chi connectivity index (χ4n) is 5.46. The van der Waals surface area contributed by atoms with Crippen molar-refractivity contribution in [2.75, 3.05) is 13.1 Å². The molecule has 2 aliphatic heterocycles. The van der Waals surface area contributed by atoms with Gasteiger partial charge in [-0.05, 0) is 61.2 Å². The van der Waals surface area contributed by atoms with E-state index < -0.39 is 28.3 Å². The van der Waals surface area contributed by atoms with Crippen molar-refractivity contribution in [3.05, 3.63) is 86.2 Å². The van der Waals surface area contributed by atoms with Gasteiger partial charge in [0.1, 0.15) is 5.82 Å². The number of nitrogens with zero attached hydrogens (tertiary/aromatic N) is 3. The minimum absolute atomic E-state index is 0.0734. The van der Waals surface area contributed by atoms with Crippen molar-refractivity contribution in [3.63, 3.8) is 0 Å². The highest BCUT2D eigenvalue weighted by atomic mass is 35.5. The van der Waals surface area contributed by atoms with Crippen molar-refractivity contribution in [2.24, 2.45) is 0 Å². The van der Waals surface area contributed by atoms with Gasteiger partial charge in [0.15, 0.2) is 0 Å². The minimum atomic E-state index is -4.77. The summed E-state index contributed by atoms with van der Waals surface area (Å²) in [4.78, 5) is 32.1. The van der Waals surface area contributed by atoms with Crippen molar-refractivity contribution in [2.45, 2.75) is 44.6 Å². The van der Waals surface area contributed by atoms with E-state index in [-0.39, 0.29) is 40.8 Å². The summed E-state index contributed by atoms with van der Waals surface area (Å²) in [7, 11) is 0. The first-order valence-electron chi connectivity index (χ1n) is 12.3. The van der Waals surface area contributed by atoms with Crippen LogP contribution in [-0.2, 0) is 17.5 Å². The zero-order valence-electron chi connectivity index (χ0n) is 20.8. The summed E-state index contributed by atoms with van der Waals surface area (Å²) in [5.41, 5.74) is -1.03. The number of imidazole rings is 1. The maximum atomic E-state index is 13.6. The minimum Gasteiger partial charge on any atom is -0.493 e. The summed E-state index contributed by atoms with van der Waals surface area (Å²) in [6, 6.07) is 7.83. The van der Waals surface area contributed by atoms with Crippen LogP contribution >= 0.6 is 11.6 Å². The number of amides is 1. The van der Waals surface area contributed by atoms with Gasteiger partial charge in [-0.3, -0.25) is 9.69 Å². The van der Waals surface area contributed by atoms with Crippen LogP contribution in [-0.4, -0.2) is 55.5 Å². The Kier molecular flexibility index (Phi) is 7.06. The van der Waals surface area contributed by atoms with Gasteiger partial charge in [0.2, 0.25) is 11.8 Å². The molecule has 2 aromatic carbocycles. The lowest BCUT2D eigenvalue weighted by Gasteiger charge is -2.40. The SMILES string of the molecule is Cc1[nH]c(=O)n(-c2cc(Cl)c(C(F)(F)F)cc2C=CC(=O)N2C3CCC2CN(Cc2ccc(F)cc2)C3)c1O. The molecule has 2 bridgehead atoms. The number of hydrogen-bond acceptors (Lipinski definition) is 4. The van der Waals surface area contributed by atoms with E-state index in [1.807, 2.05) is 0 Å². The number of rotatable bonds is 5. The summed E-state index contributed by atoms with van der Waals surface area (Å²) >= 11 is 5.91. The lowest BCUT2D eigenvalue weighted by Crippen LogP contribution is -2.55. The number of aromatic amines is 1. The van der Waals surface area contributed by atoms with Crippen LogP contribution in [0.5, 0.6) is 5.88 Å². The fourth-order valence-corrected chi connectivity index (χ4v) is 5.72. The van der Waals surface area contributed by atoms with E-state index in [1.165, 1.54) is 31.2 Å². The molecular formula is C27H25ClF4N4O3. The highest BCUT2D eigenvalue weighted by Gasteiger charge is 2.41. The first kappa shape index (κ1) is 27.0. The van der Waals surface area contributed by atoms with E-state index in [0.29, 0.717) is 19.6 Å². The molecule has 0 spiro atoms. The Bertz CT molecular complexity index is 1480. The van der Waals surface area contributed by atoms with Crippen LogP contribution in [0.2, 0.25) is 5.02 Å². The van der Waals surface area contributed by atoms with Crippen LogP contribution in [0.15, 0.2) is 47.3 Å². The number of aromatic nitrogens is 2. The molecule has 7 nitrogen and oxygen atoms in total. The first-order valence-corrected chi connectivity index (χ1v) is 12.7. The lowest BCUT2D eigenvalue weighted by molar-refractivity contribution is -0.137. The summed E-state index contributed by atoms with van der Waals surface area (Å²) in [6.07, 6.45) is -0.790. The van der Waals surface area contributed by atoms with Crippen LogP contribution in [0.4, 0.5) is 17.6 Å². The number of fused-ring (bicyclic) bond motifs is 2. The number of likely N-dealkylation sites (tertiary alicyclic amines) is 1. The molecule has 206 valence electrons. The number of piperazine rings is 1. The van der Waals surface area contributed by atoms with Crippen LogP contribution in [0, 0.1) is 12.7 Å². The molecule has 2 aliphatic rings. The van der Waals surface area contributed by atoms with Crippen molar-refractivity contribution >= 4 is 23.6 Å². The molecule has 2 unspecified atom stereocenters. The number of aromatic hydroxyl groups is 1. The molecule has 2 saturated heterocycles. The lowest BCUT2D eigenvalue weighted by atomic mass is 10.1. The van der Waals surface area contributed by atoms with Gasteiger partial charge in [0.25, 0.3) is 0 Å². The third-order valence-electron chi connectivity index (χ3n) is 7.24. The molecule has 12 heteroatoms. The van der Waals surface area contributed by atoms with Crippen LogP contribution in [0.3, 0.4) is 0 Å². The van der Waals surface area contributed by atoms with E-state index in [0.717, 1.165) is 35.1 Å². The van der Waals surface area contributed by atoms with Crippen LogP contribution in [0.1, 0.15) is 35.2 Å². The van der Waals surface area contributed by atoms with Gasteiger partial charge in [0.05, 0.1) is 22.0 Å². The quantitative estimate of drug-likeness (QED) is 0.342. The fraction of sp³-hybridized carbons (Fsp3) is 0.333. The predicted molar refractivity (Wildman–Crippen MR) is 137 cm³/mol. The Labute approximate surface area is 225 Å². The second kappa shape index (κ2) is 10.2. The van der Waals surface area contributed by atoms with Crippen LogP contribution < -0.4 is 5.69 Å². The molecule has 39 heavy (non-hydrogen) atoms. The molecule has 2 fully saturated rings. The Hall–Kier alpha value is -3.57. The molecule has 0 aliphatic carbocycles. The van der Waals surface area contributed by atoms with Gasteiger partial charge >= 0.3 is 11.9 Å². The van der Waals surface area contributed by atoms with E-state index >= 15 is 0 Å². The number of hydrogen-bond donors (Lipinski definition) is 2. The molecule has 0 saturated carbocycles. The Morgan fingerprint density at radius 3 is 2.36 bits per heavy atom. The molecular weight excluding hydrogens is 540 g/mol. The molecule has 5 rings (SSSR count). The number of H-pyrrole nitrogens is 1. The van der Waals surface area contributed by atoms with E-state index in [9.17, 15) is 32.3 Å². The normalized spacial score (nSPS) is 19.8. The van der Waals surface area contributed by atoms with Gasteiger partial charge in [-0.1, -0.05) is 23.7 Å². The number of nitrogens with one attached hydrogen (secondary N) is 1. The van der Waals surface area contributed by atoms with Crippen molar-refractivity contribution < 1.29 is 27.5 Å². The maximum absolute atomic E-state index is 13.6. The van der Waals surface area contributed by atoms with Gasteiger partial charge in [0, 0.05) is 37.8 Å². The average Bonchev–Trinajstić information content (AvgIpc) is 3.28. The number of carbonyl (C=O) groups is 1. The molecule has 2 N–H and O–H groups in total. The van der Waals surface area contributed by atoms with E-state index in [4.69, 9.17) is 11.6 Å². The third kappa shape index (κ3) is 5.33. The Morgan fingerprint density at radius 2 is 1.79 bits per heavy atom. The molecule has 3 aromatic rings. The highest BCUT2D eigenvalue weighted by Crippen LogP contribution is 2.38. The highest BCUT2D eigenvalue weighted by molar-refractivity contribution is 6.31. The zero-order valence-corrected chi connectivity index (χ0v) is 21.6. The van der Waals surface area contributed by atoms with Crippen molar-refractivity contribution in [1.82, 2.24) is 19.4 Å². The molecule has 0 radical (unpaired) electrons. The zero-order chi connectivity index (χ0) is 28.1. The second-order valence-electron chi connectivity index (χ2n) is 9.89. The first-order chi connectivity index (χ1) is 18.4. The van der Waals surface area contributed by atoms with Crippen molar-refractivity contribution in [1.29, 1.82) is 0 Å². The molecule has 2 atom stereocenters. The number of benzene rings is 2. The predicted octanol–water partition coefficient (Wildman–Crippen LogP) is 4.88. The van der Waals surface area contributed by atoms with Gasteiger partial charge in [-0.25, -0.2) is 13.8 Å². The number of carbonyl (C=O) groups excluding carboxylic acids is 1. The van der Waals surface area contributed by atoms with E-state index in [2.05, 4.69) is 9.88 Å². The summed E-state index contributed by atoms with van der Waals surface area (Å²) in [5, 5.41) is 9.71. The topological polar surface area (TPSA) is 81.6 Å². The smallest absolute Gasteiger partial charge is 0.417 e. The number of halogens is 5. The molecule has 3 heterocycles. The standard InChI is InChI=1S/C27H25ClF4N4O3/c1-15-25(38)36(26(39)33-15)23-11-22(28)21(27(30,31)32)10-17(23)4-9-24(37)35-19-7-8-20(35)14-34(13-19)12-16-2-5-18(29)6-3-16/h2-6,9-11,19-20,38H,7-8,12-14H2,1H3,(H,33,39). The molecule has 1 amide bonds. The number of alkyl halides is 3. The summed E-state index contributed by atoms with van der Waals surface area (Å²) in [5.74, 6) is -1.15. The number of aryl methyl sites for hydroxylation is 1. The van der Waals surface area contributed by atoms with Gasteiger partial charge in [-0.15, -0.1) is 0 Å². The largest absolute Gasteiger partial charge is 0.493 e. The average molecular weight is 565 g/mol. The van der Waals surface area contributed by atoms with Gasteiger partial charge < -0.3 is 15.0 Å². The molecule has 1 aromatic heterocycles.